The molecule has 1 aliphatic rings. The lowest BCUT2D eigenvalue weighted by Crippen LogP contribution is -2.44. The highest BCUT2D eigenvalue weighted by Gasteiger charge is 2.21. The van der Waals surface area contributed by atoms with Crippen LogP contribution in [0, 0.1) is 0 Å². The van der Waals surface area contributed by atoms with Gasteiger partial charge in [-0.2, -0.15) is 0 Å². The Morgan fingerprint density at radius 2 is 2.28 bits per heavy atom. The van der Waals surface area contributed by atoms with Crippen LogP contribution in [0.2, 0.25) is 10.2 Å². The third-order valence-electron chi connectivity index (χ3n) is 3.54. The Morgan fingerprint density at radius 1 is 1.50 bits per heavy atom. The van der Waals surface area contributed by atoms with Crippen LogP contribution < -0.4 is 0 Å². The molecular weight excluding hydrogens is 269 g/mol. The molecule has 1 aliphatic heterocycles. The number of pyridine rings is 1. The topological polar surface area (TPSA) is 19.4 Å². The summed E-state index contributed by atoms with van der Waals surface area (Å²) in [6, 6.07) is 2.30. The van der Waals surface area contributed by atoms with Gasteiger partial charge >= 0.3 is 0 Å². The van der Waals surface area contributed by atoms with E-state index >= 15 is 0 Å². The molecule has 18 heavy (non-hydrogen) atoms. The predicted molar refractivity (Wildman–Crippen MR) is 76.2 cm³/mol. The zero-order chi connectivity index (χ0) is 13.1. The fourth-order valence-corrected chi connectivity index (χ4v) is 2.87. The van der Waals surface area contributed by atoms with E-state index in [4.69, 9.17) is 23.2 Å². The minimum atomic E-state index is 0.448. The number of hydrogen-bond acceptors (Lipinski definition) is 3. The molecule has 5 heteroatoms. The Bertz CT molecular complexity index is 411. The van der Waals surface area contributed by atoms with E-state index in [0.717, 1.165) is 18.7 Å². The van der Waals surface area contributed by atoms with Gasteiger partial charge in [-0.15, -0.1) is 0 Å². The van der Waals surface area contributed by atoms with Gasteiger partial charge in [0.2, 0.25) is 0 Å². The van der Waals surface area contributed by atoms with Crippen LogP contribution in [0.25, 0.3) is 0 Å². The van der Waals surface area contributed by atoms with Crippen molar-refractivity contribution in [3.63, 3.8) is 0 Å². The standard InChI is InChI=1S/C13H19Cl2N3/c1-17-5-3-4-11(9-17)18(2)8-10-7-16-13(15)6-12(10)14/h6-7,11H,3-5,8-9H2,1-2H3. The summed E-state index contributed by atoms with van der Waals surface area (Å²) in [4.78, 5) is 8.83. The second-order valence-corrected chi connectivity index (χ2v) is 5.87. The van der Waals surface area contributed by atoms with Crippen molar-refractivity contribution in [2.45, 2.75) is 25.4 Å². The van der Waals surface area contributed by atoms with Crippen molar-refractivity contribution in [2.75, 3.05) is 27.2 Å². The van der Waals surface area contributed by atoms with E-state index in [1.54, 1.807) is 12.3 Å². The summed E-state index contributed by atoms with van der Waals surface area (Å²) < 4.78 is 0. The van der Waals surface area contributed by atoms with Crippen LogP contribution in [-0.4, -0.2) is 48.0 Å². The first-order chi connectivity index (χ1) is 8.56. The van der Waals surface area contributed by atoms with Crippen molar-refractivity contribution >= 4 is 23.2 Å². The highest BCUT2D eigenvalue weighted by Crippen LogP contribution is 2.22. The van der Waals surface area contributed by atoms with Crippen molar-refractivity contribution in [3.05, 3.63) is 28.0 Å². The molecule has 1 aromatic heterocycles. The minimum Gasteiger partial charge on any atom is -0.305 e. The van der Waals surface area contributed by atoms with Gasteiger partial charge in [0.1, 0.15) is 5.15 Å². The fraction of sp³-hybridized carbons (Fsp3) is 0.615. The Morgan fingerprint density at radius 3 is 2.94 bits per heavy atom. The predicted octanol–water partition coefficient (Wildman–Crippen LogP) is 2.91. The van der Waals surface area contributed by atoms with Gasteiger partial charge in [-0.3, -0.25) is 4.90 Å². The second-order valence-electron chi connectivity index (χ2n) is 5.07. The lowest BCUT2D eigenvalue weighted by molar-refractivity contribution is 0.129. The molecule has 0 aromatic carbocycles. The molecule has 2 rings (SSSR count). The molecule has 0 amide bonds. The number of likely N-dealkylation sites (N-methyl/N-ethyl adjacent to an activating group) is 2. The van der Waals surface area contributed by atoms with Crippen LogP contribution in [0.5, 0.6) is 0 Å². The maximum atomic E-state index is 6.18. The number of likely N-dealkylation sites (tertiary alicyclic amines) is 1. The third-order valence-corrected chi connectivity index (χ3v) is 4.10. The summed E-state index contributed by atoms with van der Waals surface area (Å²) in [6.07, 6.45) is 4.28. The first kappa shape index (κ1) is 14.1. The number of hydrogen-bond donors (Lipinski definition) is 0. The first-order valence-corrected chi connectivity index (χ1v) is 7.00. The lowest BCUT2D eigenvalue weighted by atomic mass is 10.0. The van der Waals surface area contributed by atoms with Gasteiger partial charge in [0.25, 0.3) is 0 Å². The molecule has 1 fully saturated rings. The van der Waals surface area contributed by atoms with Gasteiger partial charge in [-0.25, -0.2) is 4.98 Å². The minimum absolute atomic E-state index is 0.448. The summed E-state index contributed by atoms with van der Waals surface area (Å²) in [7, 11) is 4.32. The van der Waals surface area contributed by atoms with E-state index in [1.807, 2.05) is 0 Å². The van der Waals surface area contributed by atoms with Crippen LogP contribution in [0.4, 0.5) is 0 Å². The molecule has 0 saturated carbocycles. The molecule has 1 aromatic rings. The van der Waals surface area contributed by atoms with Crippen LogP contribution in [-0.2, 0) is 6.54 Å². The lowest BCUT2D eigenvalue weighted by Gasteiger charge is -2.36. The number of aromatic nitrogens is 1. The molecule has 100 valence electrons. The van der Waals surface area contributed by atoms with E-state index in [9.17, 15) is 0 Å². The Balaban J connectivity index is 1.99. The number of piperidine rings is 1. The molecule has 3 nitrogen and oxygen atoms in total. The molecule has 0 N–H and O–H groups in total. The van der Waals surface area contributed by atoms with Crippen LogP contribution >= 0.6 is 23.2 Å². The van der Waals surface area contributed by atoms with Crippen LogP contribution in [0.1, 0.15) is 18.4 Å². The van der Waals surface area contributed by atoms with E-state index in [2.05, 4.69) is 28.9 Å². The smallest absolute Gasteiger partial charge is 0.130 e. The maximum Gasteiger partial charge on any atom is 0.130 e. The zero-order valence-corrected chi connectivity index (χ0v) is 12.4. The number of rotatable bonds is 3. The molecule has 1 saturated heterocycles. The summed E-state index contributed by atoms with van der Waals surface area (Å²) in [6.45, 7) is 3.14. The average Bonchev–Trinajstić information content (AvgIpc) is 2.32. The van der Waals surface area contributed by atoms with Gasteiger partial charge in [0.05, 0.1) is 0 Å². The monoisotopic (exact) mass is 287 g/mol. The normalized spacial score (nSPS) is 21.5. The third kappa shape index (κ3) is 3.58. The van der Waals surface area contributed by atoms with Gasteiger partial charge in [-0.1, -0.05) is 23.2 Å². The summed E-state index contributed by atoms with van der Waals surface area (Å²) in [5.74, 6) is 0. The van der Waals surface area contributed by atoms with Gasteiger partial charge in [0.15, 0.2) is 0 Å². The van der Waals surface area contributed by atoms with Gasteiger partial charge in [0, 0.05) is 35.9 Å². The molecule has 1 unspecified atom stereocenters. The van der Waals surface area contributed by atoms with Crippen LogP contribution in [0.15, 0.2) is 12.3 Å². The zero-order valence-electron chi connectivity index (χ0n) is 10.9. The second kappa shape index (κ2) is 6.20. The SMILES string of the molecule is CN1CCCC(N(C)Cc2cnc(Cl)cc2Cl)C1. The molecule has 0 bridgehead atoms. The molecule has 0 radical (unpaired) electrons. The first-order valence-electron chi connectivity index (χ1n) is 6.25. The quantitative estimate of drug-likeness (QED) is 0.797. The highest BCUT2D eigenvalue weighted by molar-refractivity contribution is 6.34. The van der Waals surface area contributed by atoms with E-state index in [0.29, 0.717) is 16.2 Å². The molecule has 1 atom stereocenters. The van der Waals surface area contributed by atoms with Crippen molar-refractivity contribution < 1.29 is 0 Å². The van der Waals surface area contributed by atoms with E-state index in [-0.39, 0.29) is 0 Å². The van der Waals surface area contributed by atoms with Crippen LogP contribution in [0.3, 0.4) is 0 Å². The van der Waals surface area contributed by atoms with Gasteiger partial charge < -0.3 is 4.90 Å². The molecule has 0 spiro atoms. The molecule has 2 heterocycles. The van der Waals surface area contributed by atoms with Crippen molar-refractivity contribution in [3.8, 4) is 0 Å². The average molecular weight is 288 g/mol. The Labute approximate surface area is 119 Å². The maximum absolute atomic E-state index is 6.18. The summed E-state index contributed by atoms with van der Waals surface area (Å²) >= 11 is 12.0. The molecular formula is C13H19Cl2N3. The highest BCUT2D eigenvalue weighted by atomic mass is 35.5. The summed E-state index contributed by atoms with van der Waals surface area (Å²) in [5.41, 5.74) is 1.04. The molecule has 0 aliphatic carbocycles. The van der Waals surface area contributed by atoms with Crippen molar-refractivity contribution in [1.82, 2.24) is 14.8 Å². The van der Waals surface area contributed by atoms with E-state index in [1.165, 1.54) is 19.4 Å². The largest absolute Gasteiger partial charge is 0.305 e. The Hall–Kier alpha value is -0.350. The number of nitrogens with zero attached hydrogens (tertiary/aromatic N) is 3. The van der Waals surface area contributed by atoms with Crippen molar-refractivity contribution in [2.24, 2.45) is 0 Å². The van der Waals surface area contributed by atoms with Crippen molar-refractivity contribution in [1.29, 1.82) is 0 Å². The van der Waals surface area contributed by atoms with Gasteiger partial charge in [-0.05, 0) is 39.5 Å². The number of halogens is 2. The fourth-order valence-electron chi connectivity index (χ4n) is 2.45. The Kier molecular flexibility index (Phi) is 4.84. The summed E-state index contributed by atoms with van der Waals surface area (Å²) in [5, 5.41) is 1.15. The van der Waals surface area contributed by atoms with E-state index < -0.39 is 0 Å².